The molecular weight excluding hydrogens is 288 g/mol. The number of nitrogens with two attached hydrogens (primary N) is 1. The van der Waals surface area contributed by atoms with Crippen molar-refractivity contribution in [2.24, 2.45) is 5.73 Å². The average Bonchev–Trinajstić information content (AvgIpc) is 3.17. The van der Waals surface area contributed by atoms with E-state index in [9.17, 15) is 0 Å². The molecule has 2 aromatic rings. The van der Waals surface area contributed by atoms with E-state index in [0.29, 0.717) is 11.7 Å². The Kier molecular flexibility index (Phi) is 4.64. The van der Waals surface area contributed by atoms with Gasteiger partial charge in [-0.2, -0.15) is 4.98 Å². The standard InChI is InChI=1S/C14H20N4O2S/c1-2-10-3-4-12(21-10)14-16-13(17-20-14)11(15)9-18-5-7-19-8-6-18/h3-4,11H,2,5-9,15H2,1H3. The van der Waals surface area contributed by atoms with E-state index < -0.39 is 0 Å². The first-order valence-electron chi connectivity index (χ1n) is 7.24. The summed E-state index contributed by atoms with van der Waals surface area (Å²) in [5.41, 5.74) is 6.18. The van der Waals surface area contributed by atoms with E-state index in [-0.39, 0.29) is 6.04 Å². The number of ether oxygens (including phenoxy) is 1. The molecule has 3 heterocycles. The number of hydrogen-bond donors (Lipinski definition) is 1. The van der Waals surface area contributed by atoms with Crippen molar-refractivity contribution in [3.63, 3.8) is 0 Å². The summed E-state index contributed by atoms with van der Waals surface area (Å²) in [6.07, 6.45) is 1.02. The van der Waals surface area contributed by atoms with E-state index in [1.165, 1.54) is 4.88 Å². The molecule has 1 saturated heterocycles. The normalized spacial score (nSPS) is 18.0. The van der Waals surface area contributed by atoms with Crippen LogP contribution in [0.1, 0.15) is 23.7 Å². The van der Waals surface area contributed by atoms with Crippen molar-refractivity contribution >= 4 is 11.3 Å². The summed E-state index contributed by atoms with van der Waals surface area (Å²) in [7, 11) is 0. The number of nitrogens with zero attached hydrogens (tertiary/aromatic N) is 3. The molecule has 0 saturated carbocycles. The zero-order valence-electron chi connectivity index (χ0n) is 12.1. The second-order valence-electron chi connectivity index (χ2n) is 5.10. The van der Waals surface area contributed by atoms with Gasteiger partial charge in [-0.05, 0) is 18.6 Å². The second-order valence-corrected chi connectivity index (χ2v) is 6.27. The molecule has 7 heteroatoms. The molecule has 21 heavy (non-hydrogen) atoms. The van der Waals surface area contributed by atoms with Crippen LogP contribution in [0.5, 0.6) is 0 Å². The maximum absolute atomic E-state index is 6.18. The Morgan fingerprint density at radius 2 is 2.19 bits per heavy atom. The first-order chi connectivity index (χ1) is 10.3. The van der Waals surface area contributed by atoms with Crippen LogP contribution in [-0.4, -0.2) is 47.9 Å². The molecule has 1 unspecified atom stereocenters. The molecule has 3 rings (SSSR count). The van der Waals surface area contributed by atoms with Gasteiger partial charge >= 0.3 is 0 Å². The van der Waals surface area contributed by atoms with E-state index in [4.69, 9.17) is 15.0 Å². The first-order valence-corrected chi connectivity index (χ1v) is 8.06. The lowest BCUT2D eigenvalue weighted by Crippen LogP contribution is -2.40. The van der Waals surface area contributed by atoms with Crippen LogP contribution in [0.15, 0.2) is 16.7 Å². The minimum atomic E-state index is -0.230. The minimum Gasteiger partial charge on any atom is -0.379 e. The Morgan fingerprint density at radius 3 is 2.90 bits per heavy atom. The number of thiophene rings is 1. The maximum Gasteiger partial charge on any atom is 0.268 e. The van der Waals surface area contributed by atoms with Crippen LogP contribution in [0, 0.1) is 0 Å². The number of morpholine rings is 1. The zero-order chi connectivity index (χ0) is 14.7. The van der Waals surface area contributed by atoms with E-state index in [2.05, 4.69) is 28.0 Å². The van der Waals surface area contributed by atoms with Crippen molar-refractivity contribution in [2.75, 3.05) is 32.8 Å². The van der Waals surface area contributed by atoms with Gasteiger partial charge in [0.15, 0.2) is 5.82 Å². The summed E-state index contributed by atoms with van der Waals surface area (Å²) in [5.74, 6) is 1.13. The highest BCUT2D eigenvalue weighted by Gasteiger charge is 2.20. The minimum absolute atomic E-state index is 0.230. The quantitative estimate of drug-likeness (QED) is 0.906. The van der Waals surface area contributed by atoms with Crippen molar-refractivity contribution in [3.8, 4) is 10.8 Å². The lowest BCUT2D eigenvalue weighted by Gasteiger charge is -2.27. The lowest BCUT2D eigenvalue weighted by atomic mass is 10.2. The summed E-state index contributed by atoms with van der Waals surface area (Å²) in [5, 5.41) is 4.03. The van der Waals surface area contributed by atoms with Crippen LogP contribution in [-0.2, 0) is 11.2 Å². The Bertz CT molecular complexity index is 577. The Balaban J connectivity index is 1.65. The zero-order valence-corrected chi connectivity index (χ0v) is 12.9. The smallest absolute Gasteiger partial charge is 0.268 e. The third-order valence-electron chi connectivity index (χ3n) is 3.55. The van der Waals surface area contributed by atoms with Gasteiger partial charge in [-0.3, -0.25) is 4.90 Å². The molecule has 0 aliphatic carbocycles. The lowest BCUT2D eigenvalue weighted by molar-refractivity contribution is 0.0348. The summed E-state index contributed by atoms with van der Waals surface area (Å²) >= 11 is 1.68. The fourth-order valence-electron chi connectivity index (χ4n) is 2.31. The van der Waals surface area contributed by atoms with Crippen LogP contribution in [0.25, 0.3) is 10.8 Å². The summed E-state index contributed by atoms with van der Waals surface area (Å²) in [6.45, 7) is 6.20. The third-order valence-corrected chi connectivity index (χ3v) is 4.77. The van der Waals surface area contributed by atoms with Crippen molar-refractivity contribution < 1.29 is 9.26 Å². The molecule has 114 valence electrons. The van der Waals surface area contributed by atoms with Crippen LogP contribution in [0.4, 0.5) is 0 Å². The molecule has 0 amide bonds. The van der Waals surface area contributed by atoms with Gasteiger partial charge in [0.05, 0.1) is 24.1 Å². The summed E-state index contributed by atoms with van der Waals surface area (Å²) in [4.78, 5) is 9.02. The average molecular weight is 308 g/mol. The molecule has 1 aliphatic heterocycles. The molecule has 1 atom stereocenters. The highest BCUT2D eigenvalue weighted by Crippen LogP contribution is 2.27. The molecular formula is C14H20N4O2S. The maximum atomic E-state index is 6.18. The van der Waals surface area contributed by atoms with Gasteiger partial charge in [-0.15, -0.1) is 11.3 Å². The number of rotatable bonds is 5. The van der Waals surface area contributed by atoms with Gasteiger partial charge < -0.3 is 15.0 Å². The van der Waals surface area contributed by atoms with Crippen LogP contribution >= 0.6 is 11.3 Å². The third kappa shape index (κ3) is 3.49. The largest absolute Gasteiger partial charge is 0.379 e. The Hall–Kier alpha value is -1.28. The van der Waals surface area contributed by atoms with Crippen molar-refractivity contribution in [2.45, 2.75) is 19.4 Å². The van der Waals surface area contributed by atoms with Gasteiger partial charge in [-0.1, -0.05) is 12.1 Å². The molecule has 0 bridgehead atoms. The van der Waals surface area contributed by atoms with Crippen LogP contribution in [0.3, 0.4) is 0 Å². The van der Waals surface area contributed by atoms with Gasteiger partial charge in [0, 0.05) is 24.5 Å². The predicted molar refractivity (Wildman–Crippen MR) is 81.2 cm³/mol. The number of aromatic nitrogens is 2. The monoisotopic (exact) mass is 308 g/mol. The molecule has 0 spiro atoms. The van der Waals surface area contributed by atoms with Gasteiger partial charge in [0.1, 0.15) is 0 Å². The van der Waals surface area contributed by atoms with Gasteiger partial charge in [0.25, 0.3) is 5.89 Å². The number of aryl methyl sites for hydroxylation is 1. The highest BCUT2D eigenvalue weighted by atomic mass is 32.1. The van der Waals surface area contributed by atoms with Gasteiger partial charge in [-0.25, -0.2) is 0 Å². The molecule has 1 fully saturated rings. The molecule has 6 nitrogen and oxygen atoms in total. The first kappa shape index (κ1) is 14.6. The van der Waals surface area contributed by atoms with Crippen molar-refractivity contribution in [1.82, 2.24) is 15.0 Å². The highest BCUT2D eigenvalue weighted by molar-refractivity contribution is 7.15. The van der Waals surface area contributed by atoms with E-state index in [0.717, 1.165) is 44.1 Å². The topological polar surface area (TPSA) is 77.4 Å². The van der Waals surface area contributed by atoms with Crippen molar-refractivity contribution in [3.05, 3.63) is 22.8 Å². The SMILES string of the molecule is CCc1ccc(-c2nc(C(N)CN3CCOCC3)no2)s1. The van der Waals surface area contributed by atoms with E-state index in [1.54, 1.807) is 11.3 Å². The molecule has 2 N–H and O–H groups in total. The second kappa shape index (κ2) is 6.65. The van der Waals surface area contributed by atoms with Crippen LogP contribution in [0.2, 0.25) is 0 Å². The molecule has 0 radical (unpaired) electrons. The van der Waals surface area contributed by atoms with E-state index in [1.807, 2.05) is 6.07 Å². The van der Waals surface area contributed by atoms with E-state index >= 15 is 0 Å². The summed E-state index contributed by atoms with van der Waals surface area (Å²) in [6, 6.07) is 3.89. The Morgan fingerprint density at radius 1 is 1.38 bits per heavy atom. The molecule has 0 aromatic carbocycles. The van der Waals surface area contributed by atoms with Gasteiger partial charge in [0.2, 0.25) is 0 Å². The predicted octanol–water partition coefficient (Wildman–Crippen LogP) is 1.69. The fraction of sp³-hybridized carbons (Fsp3) is 0.571. The molecule has 2 aromatic heterocycles. The van der Waals surface area contributed by atoms with Crippen molar-refractivity contribution in [1.29, 1.82) is 0 Å². The summed E-state index contributed by atoms with van der Waals surface area (Å²) < 4.78 is 10.7. The fourth-order valence-corrected chi connectivity index (χ4v) is 3.18. The molecule has 1 aliphatic rings. The van der Waals surface area contributed by atoms with Crippen LogP contribution < -0.4 is 5.73 Å². The number of hydrogen-bond acceptors (Lipinski definition) is 7. The Labute approximate surface area is 127 Å².